The fourth-order valence-electron chi connectivity index (χ4n) is 1.14. The number of esters is 1. The van der Waals surface area contributed by atoms with E-state index in [-0.39, 0.29) is 10.8 Å². The molecule has 2 nitrogen and oxygen atoms in total. The predicted octanol–water partition coefficient (Wildman–Crippen LogP) is 3.41. The van der Waals surface area contributed by atoms with Crippen LogP contribution in [-0.4, -0.2) is 18.8 Å². The maximum Gasteiger partial charge on any atom is 0.323 e. The number of ether oxygens (including phenoxy) is 1. The van der Waals surface area contributed by atoms with Crippen LogP contribution in [0.3, 0.4) is 0 Å². The van der Waals surface area contributed by atoms with Gasteiger partial charge in [0.1, 0.15) is 4.83 Å². The zero-order chi connectivity index (χ0) is 11.3. The van der Waals surface area contributed by atoms with Crippen LogP contribution < -0.4 is 0 Å². The van der Waals surface area contributed by atoms with E-state index in [1.54, 1.807) is 11.8 Å². The Morgan fingerprint density at radius 1 is 1.47 bits per heavy atom. The number of hydrogen-bond donors (Lipinski definition) is 0. The summed E-state index contributed by atoms with van der Waals surface area (Å²) in [5.74, 6) is 0.777. The van der Waals surface area contributed by atoms with Crippen molar-refractivity contribution < 1.29 is 9.53 Å². The minimum absolute atomic E-state index is 0.272. The molecule has 1 rings (SSSR count). The third-order valence-electron chi connectivity index (χ3n) is 1.89. The summed E-state index contributed by atoms with van der Waals surface area (Å²) in [6.45, 7) is 2.11. The minimum Gasteiger partial charge on any atom is -0.468 e. The molecule has 82 valence electrons. The summed E-state index contributed by atoms with van der Waals surface area (Å²) in [4.78, 5) is 12.1. The third kappa shape index (κ3) is 3.54. The fraction of sp³-hybridized carbons (Fsp3) is 0.364. The van der Waals surface area contributed by atoms with Gasteiger partial charge in [0.2, 0.25) is 0 Å². The Morgan fingerprint density at radius 3 is 2.53 bits per heavy atom. The molecule has 0 bridgehead atoms. The van der Waals surface area contributed by atoms with Gasteiger partial charge in [0.05, 0.1) is 7.11 Å². The van der Waals surface area contributed by atoms with Crippen LogP contribution in [0, 0.1) is 0 Å². The summed E-state index contributed by atoms with van der Waals surface area (Å²) in [6, 6.07) is 7.91. The molecule has 1 aromatic rings. The molecule has 1 atom stereocenters. The Bertz CT molecular complexity index is 324. The van der Waals surface area contributed by atoms with Gasteiger partial charge in [-0.3, -0.25) is 4.79 Å². The van der Waals surface area contributed by atoms with Gasteiger partial charge in [-0.1, -0.05) is 35.0 Å². The lowest BCUT2D eigenvalue weighted by atomic mass is 10.1. The summed E-state index contributed by atoms with van der Waals surface area (Å²) in [5.41, 5.74) is 0.919. The van der Waals surface area contributed by atoms with Crippen molar-refractivity contribution in [3.8, 4) is 0 Å². The number of alkyl halides is 1. The highest BCUT2D eigenvalue weighted by molar-refractivity contribution is 9.09. The SMILES string of the molecule is CCSc1ccc(C(Br)C(=O)OC)cc1. The van der Waals surface area contributed by atoms with Crippen molar-refractivity contribution in [3.63, 3.8) is 0 Å². The van der Waals surface area contributed by atoms with Crippen LogP contribution in [0.4, 0.5) is 0 Å². The van der Waals surface area contributed by atoms with Crippen molar-refractivity contribution in [2.24, 2.45) is 0 Å². The second-order valence-electron chi connectivity index (χ2n) is 2.89. The van der Waals surface area contributed by atoms with E-state index in [0.717, 1.165) is 11.3 Å². The Morgan fingerprint density at radius 2 is 2.07 bits per heavy atom. The first kappa shape index (κ1) is 12.6. The molecule has 4 heteroatoms. The monoisotopic (exact) mass is 288 g/mol. The molecule has 0 spiro atoms. The quantitative estimate of drug-likeness (QED) is 0.483. The van der Waals surface area contributed by atoms with Crippen LogP contribution in [0.2, 0.25) is 0 Å². The van der Waals surface area contributed by atoms with Gasteiger partial charge < -0.3 is 4.74 Å². The molecule has 1 aromatic carbocycles. The van der Waals surface area contributed by atoms with Gasteiger partial charge in [-0.25, -0.2) is 0 Å². The van der Waals surface area contributed by atoms with E-state index in [0.29, 0.717) is 0 Å². The molecule has 0 fully saturated rings. The number of carbonyl (C=O) groups excluding carboxylic acids is 1. The zero-order valence-electron chi connectivity index (χ0n) is 8.70. The Hall–Kier alpha value is -0.480. The van der Waals surface area contributed by atoms with Crippen molar-refractivity contribution >= 4 is 33.7 Å². The van der Waals surface area contributed by atoms with Gasteiger partial charge in [0.15, 0.2) is 0 Å². The molecule has 0 N–H and O–H groups in total. The summed E-state index contributed by atoms with van der Waals surface area (Å²) in [5, 5.41) is 0. The molecule has 0 saturated heterocycles. The largest absolute Gasteiger partial charge is 0.468 e. The van der Waals surface area contributed by atoms with Gasteiger partial charge in [-0.05, 0) is 23.4 Å². The van der Waals surface area contributed by atoms with Gasteiger partial charge in [0, 0.05) is 4.90 Å². The van der Waals surface area contributed by atoms with E-state index in [2.05, 4.69) is 27.6 Å². The molecule has 1 unspecified atom stereocenters. The van der Waals surface area contributed by atoms with Gasteiger partial charge in [-0.2, -0.15) is 0 Å². The highest BCUT2D eigenvalue weighted by Gasteiger charge is 2.16. The van der Waals surface area contributed by atoms with Crippen molar-refractivity contribution in [3.05, 3.63) is 29.8 Å². The van der Waals surface area contributed by atoms with E-state index < -0.39 is 0 Å². The molecule has 0 aliphatic carbocycles. The highest BCUT2D eigenvalue weighted by atomic mass is 79.9. The van der Waals surface area contributed by atoms with Gasteiger partial charge in [0.25, 0.3) is 0 Å². The van der Waals surface area contributed by atoms with Crippen LogP contribution in [0.25, 0.3) is 0 Å². The standard InChI is InChI=1S/C11H13BrO2S/c1-3-15-9-6-4-8(5-7-9)10(12)11(13)14-2/h4-7,10H,3H2,1-2H3. The van der Waals surface area contributed by atoms with Crippen LogP contribution in [-0.2, 0) is 9.53 Å². The molecule has 0 aliphatic heterocycles. The van der Waals surface area contributed by atoms with Crippen molar-refractivity contribution in [1.82, 2.24) is 0 Å². The normalized spacial score (nSPS) is 12.2. The Labute approximate surface area is 103 Å². The highest BCUT2D eigenvalue weighted by Crippen LogP contribution is 2.26. The summed E-state index contributed by atoms with van der Waals surface area (Å²) in [6.07, 6.45) is 0. The topological polar surface area (TPSA) is 26.3 Å². The van der Waals surface area contributed by atoms with Crippen molar-refractivity contribution in [2.75, 3.05) is 12.9 Å². The van der Waals surface area contributed by atoms with Crippen LogP contribution in [0.5, 0.6) is 0 Å². The van der Waals surface area contributed by atoms with Crippen LogP contribution >= 0.6 is 27.7 Å². The van der Waals surface area contributed by atoms with E-state index in [1.807, 2.05) is 24.3 Å². The molecule has 0 aromatic heterocycles. The average Bonchev–Trinajstić information content (AvgIpc) is 2.28. The van der Waals surface area contributed by atoms with E-state index in [9.17, 15) is 4.79 Å². The lowest BCUT2D eigenvalue weighted by Gasteiger charge is -2.08. The molecule has 0 amide bonds. The number of carbonyl (C=O) groups is 1. The second kappa shape index (κ2) is 6.18. The molecular weight excluding hydrogens is 276 g/mol. The predicted molar refractivity (Wildman–Crippen MR) is 66.5 cm³/mol. The number of rotatable bonds is 4. The summed E-state index contributed by atoms with van der Waals surface area (Å²) >= 11 is 5.07. The van der Waals surface area contributed by atoms with Crippen LogP contribution in [0.1, 0.15) is 17.3 Å². The van der Waals surface area contributed by atoms with E-state index >= 15 is 0 Å². The van der Waals surface area contributed by atoms with Gasteiger partial charge >= 0.3 is 5.97 Å². The summed E-state index contributed by atoms with van der Waals surface area (Å²) in [7, 11) is 1.39. The Kier molecular flexibility index (Phi) is 5.19. The van der Waals surface area contributed by atoms with Crippen LogP contribution in [0.15, 0.2) is 29.2 Å². The summed E-state index contributed by atoms with van der Waals surface area (Å²) < 4.78 is 4.65. The number of methoxy groups -OCH3 is 1. The Balaban J connectivity index is 2.75. The lowest BCUT2D eigenvalue weighted by molar-refractivity contribution is -0.139. The number of benzene rings is 1. The third-order valence-corrected chi connectivity index (χ3v) is 3.69. The number of thioether (sulfide) groups is 1. The molecular formula is C11H13BrO2S. The van der Waals surface area contributed by atoms with E-state index in [1.165, 1.54) is 12.0 Å². The molecule has 15 heavy (non-hydrogen) atoms. The van der Waals surface area contributed by atoms with Crippen molar-refractivity contribution in [2.45, 2.75) is 16.6 Å². The fourth-order valence-corrected chi connectivity index (χ4v) is 2.29. The molecule has 0 saturated carbocycles. The maximum atomic E-state index is 11.2. The first-order valence-corrected chi connectivity index (χ1v) is 6.53. The average molecular weight is 289 g/mol. The second-order valence-corrected chi connectivity index (χ2v) is 5.14. The minimum atomic E-state index is -0.372. The smallest absolute Gasteiger partial charge is 0.323 e. The number of halogens is 1. The van der Waals surface area contributed by atoms with E-state index in [4.69, 9.17) is 0 Å². The van der Waals surface area contributed by atoms with Gasteiger partial charge in [-0.15, -0.1) is 11.8 Å². The molecule has 0 aliphatic rings. The van der Waals surface area contributed by atoms with Crippen molar-refractivity contribution in [1.29, 1.82) is 0 Å². The first-order valence-electron chi connectivity index (χ1n) is 4.63. The first-order chi connectivity index (χ1) is 7.19. The maximum absolute atomic E-state index is 11.2. The molecule has 0 heterocycles. The number of hydrogen-bond acceptors (Lipinski definition) is 3. The zero-order valence-corrected chi connectivity index (χ0v) is 11.1. The molecule has 0 radical (unpaired) electrons. The lowest BCUT2D eigenvalue weighted by Crippen LogP contribution is -2.07.